The molecule has 0 aromatic heterocycles. The molecule has 0 amide bonds. The molecule has 5 rings (SSSR count). The summed E-state index contributed by atoms with van der Waals surface area (Å²) in [5.41, 5.74) is 21.3. The summed E-state index contributed by atoms with van der Waals surface area (Å²) in [6, 6.07) is 0.883. The predicted molar refractivity (Wildman–Crippen MR) is 178 cm³/mol. The largest absolute Gasteiger partial charge is 0.675 e. The van der Waals surface area contributed by atoms with Crippen LogP contribution in [-0.2, 0) is 44.9 Å². The molecule has 3 N–H and O–H groups in total. The monoisotopic (exact) mass is 1270 g/mol. The molecule has 5 fully saturated rings. The molecule has 5 aliphatic carbocycles. The first-order valence-corrected chi connectivity index (χ1v) is 35.7. The smallest absolute Gasteiger partial charge is 0.0547 e. The Balaban J connectivity index is -0.000000189. The van der Waals surface area contributed by atoms with Gasteiger partial charge < -0.3 is 38.5 Å². The zero-order chi connectivity index (χ0) is 30.7. The van der Waals surface area contributed by atoms with Crippen LogP contribution in [0, 0.1) is 39.0 Å². The summed E-state index contributed by atoms with van der Waals surface area (Å²) in [6.07, 6.45) is 20.6. The van der Waals surface area contributed by atoms with Gasteiger partial charge >= 0.3 is 120 Å². The normalized spacial score (nSPS) is 23.9. The van der Waals surface area contributed by atoms with Crippen molar-refractivity contribution in [2.24, 2.45) is 17.8 Å². The Bertz CT molecular complexity index is 439. The second-order valence-corrected chi connectivity index (χ2v) is 36.3. The minimum absolute atomic E-state index is 0. The van der Waals surface area contributed by atoms with Crippen molar-refractivity contribution in [2.45, 2.75) is 128 Å². The molecule has 0 bridgehead atoms. The van der Waals surface area contributed by atoms with Crippen molar-refractivity contribution >= 4 is 75.3 Å². The zero-order valence-electron chi connectivity index (χ0n) is 23.7. The maximum absolute atomic E-state index is 7.48. The fraction of sp³-hybridized carbons (Fsp3) is 0.885. The third-order valence-electron chi connectivity index (χ3n) is 6.22. The van der Waals surface area contributed by atoms with E-state index in [2.05, 4.69) is 20.8 Å². The first-order chi connectivity index (χ1) is 18.2. The van der Waals surface area contributed by atoms with Crippen molar-refractivity contribution in [3.8, 4) is 0 Å². The quantitative estimate of drug-likeness (QED) is 0.217. The van der Waals surface area contributed by atoms with Crippen LogP contribution in [-0.4, -0.2) is 18.1 Å². The van der Waals surface area contributed by atoms with Gasteiger partial charge in [-0.3, -0.25) is 0 Å². The van der Waals surface area contributed by atoms with Gasteiger partial charge in [-0.2, -0.15) is 11.8 Å². The minimum atomic E-state index is -3.06. The molecule has 0 aromatic carbocycles. The molecule has 256 valence electrons. The topological polar surface area (TPSA) is 71.4 Å². The van der Waals surface area contributed by atoms with E-state index in [1.807, 2.05) is 0 Å². The molecule has 2 atom stereocenters. The van der Waals surface area contributed by atoms with E-state index >= 15 is 0 Å². The fourth-order valence-corrected chi connectivity index (χ4v) is 3.45. The van der Waals surface area contributed by atoms with Crippen LogP contribution in [0.5, 0.6) is 0 Å². The van der Waals surface area contributed by atoms with Gasteiger partial charge in [-0.15, -0.1) is 18.1 Å². The molecule has 5 saturated carbocycles. The van der Waals surface area contributed by atoms with Crippen molar-refractivity contribution in [3.05, 3.63) is 38.5 Å². The van der Waals surface area contributed by atoms with E-state index in [-0.39, 0.29) is 13.5 Å². The third-order valence-corrected chi connectivity index (χ3v) is 6.22. The molecule has 0 heterocycles. The standard InChI is InChI=1S/C7H14N.C6H11.C5H10N.C4H7.C3H6N.CH3.8ClH.3Pt/c1-6-4-2-3-5-7(6)8;1-6-4-2-3-5-6;6-5-3-1-2-4-5;1-4-2-3-4;4-3-1-2-3;;;;;;;;;;;;/h6-8H,2-5H2,1H3;6H,1-5H2;5-6H,1-4H2;4H,1-3H2;3-4H,1-2H2;1H3;8*1H;;;/q6*-1;;;;;;;;;2*+4;+6/p-8/t6-,7-;;;;;;;;;;;;;;;;/m1................/s1. The van der Waals surface area contributed by atoms with Crippen molar-refractivity contribution in [1.29, 1.82) is 0 Å². The van der Waals surface area contributed by atoms with Crippen molar-refractivity contribution in [2.75, 3.05) is 0 Å². The number of hydrogen-bond acceptors (Lipinski definition) is 0. The summed E-state index contributed by atoms with van der Waals surface area (Å²) >= 11 is -4.00. The van der Waals surface area contributed by atoms with Crippen LogP contribution in [0.25, 0.3) is 17.2 Å². The first-order valence-electron chi connectivity index (χ1n) is 13.1. The molecular formula is C26H51Cl8N3Pt3. The number of nitrogens with one attached hydrogen (secondary N) is 3. The van der Waals surface area contributed by atoms with Crippen LogP contribution in [0.15, 0.2) is 0 Å². The molecule has 0 aromatic rings. The third kappa shape index (κ3) is 57.9. The summed E-state index contributed by atoms with van der Waals surface area (Å²) in [4.78, 5) is 0. The van der Waals surface area contributed by atoms with Gasteiger partial charge in [0.2, 0.25) is 0 Å². The van der Waals surface area contributed by atoms with Gasteiger partial charge in [0.25, 0.3) is 0 Å². The van der Waals surface area contributed by atoms with E-state index in [0.29, 0.717) is 18.0 Å². The Morgan fingerprint density at radius 1 is 0.550 bits per heavy atom. The molecule has 0 saturated heterocycles. The van der Waals surface area contributed by atoms with Gasteiger partial charge in [-0.25, -0.2) is 0 Å². The van der Waals surface area contributed by atoms with Crippen LogP contribution in [0.4, 0.5) is 0 Å². The molecule has 0 aliphatic heterocycles. The molecular weight excluding hydrogens is 1220 g/mol. The van der Waals surface area contributed by atoms with Crippen LogP contribution >= 0.6 is 75.3 Å². The van der Waals surface area contributed by atoms with Gasteiger partial charge in [0.05, 0.1) is 0 Å². The van der Waals surface area contributed by atoms with Gasteiger partial charge in [-0.1, -0.05) is 116 Å². The van der Waals surface area contributed by atoms with Crippen molar-refractivity contribution in [1.82, 2.24) is 0 Å². The Morgan fingerprint density at radius 3 is 0.950 bits per heavy atom. The molecule has 0 unspecified atom stereocenters. The predicted octanol–water partition coefficient (Wildman–Crippen LogP) is 15.0. The van der Waals surface area contributed by atoms with E-state index in [1.54, 1.807) is 0 Å². The first kappa shape index (κ1) is 51.1. The Labute approximate surface area is 300 Å². The summed E-state index contributed by atoms with van der Waals surface area (Å²) in [6.45, 7) is 9.88. The van der Waals surface area contributed by atoms with Crippen LogP contribution < -0.4 is 0 Å². The maximum atomic E-state index is 7.48. The molecule has 5 aliphatic rings. The molecule has 3 nitrogen and oxygen atoms in total. The van der Waals surface area contributed by atoms with E-state index in [0.717, 1.165) is 43.9 Å². The summed E-state index contributed by atoms with van der Waals surface area (Å²) in [5.74, 6) is 2.30. The second-order valence-electron chi connectivity index (χ2n) is 10.1. The number of hydrogen-bond donors (Lipinski definition) is 0. The van der Waals surface area contributed by atoms with Gasteiger partial charge in [0, 0.05) is 0 Å². The van der Waals surface area contributed by atoms with Crippen molar-refractivity contribution < 1.29 is 44.9 Å². The molecule has 0 spiro atoms. The minimum Gasteiger partial charge on any atom is -0.675 e. The zero-order valence-corrected chi connectivity index (χ0v) is 36.5. The van der Waals surface area contributed by atoms with E-state index in [1.165, 1.54) is 70.6 Å². The molecule has 14 heteroatoms. The Kier molecular flexibility index (Phi) is 46.1. The molecule has 40 heavy (non-hydrogen) atoms. The summed E-state index contributed by atoms with van der Waals surface area (Å²) < 4.78 is 0. The van der Waals surface area contributed by atoms with Gasteiger partial charge in [0.15, 0.2) is 0 Å². The SMILES string of the molecule is C[C@@H]1CCCC[C@H]1[NH-].[CH2-]C1CC1.[CH2-]C1CCCC1.[CH3-].[Cl][Pt+2]([Cl])([Cl])[Cl].[Cl][Pt+2][Cl].[Cl][Pt+2][Cl].[NH-]C1CC1.[NH-]C1CCCC1. The second kappa shape index (κ2) is 36.1. The molecule has 0 radical (unpaired) electrons. The van der Waals surface area contributed by atoms with Crippen molar-refractivity contribution in [3.63, 3.8) is 0 Å². The summed E-state index contributed by atoms with van der Waals surface area (Å²) in [5, 5.41) is 0. The average molecular weight is 1270 g/mol. The van der Waals surface area contributed by atoms with E-state index < -0.39 is 44.9 Å². The number of rotatable bonds is 0. The van der Waals surface area contributed by atoms with Gasteiger partial charge in [-0.05, 0) is 0 Å². The average Bonchev–Trinajstić information content (AvgIpc) is 3.69. The van der Waals surface area contributed by atoms with Crippen LogP contribution in [0.2, 0.25) is 0 Å². The fourth-order valence-electron chi connectivity index (χ4n) is 3.45. The van der Waals surface area contributed by atoms with Gasteiger partial charge in [0.1, 0.15) is 0 Å². The van der Waals surface area contributed by atoms with E-state index in [9.17, 15) is 0 Å². The van der Waals surface area contributed by atoms with Crippen LogP contribution in [0.1, 0.15) is 110 Å². The summed E-state index contributed by atoms with van der Waals surface area (Å²) in [7, 11) is 39.5. The Morgan fingerprint density at radius 2 is 0.825 bits per heavy atom. The van der Waals surface area contributed by atoms with Crippen LogP contribution in [0.3, 0.4) is 0 Å². The maximum Gasteiger partial charge on any atom is -0.0547 e. The number of halogens is 8. The Hall–Kier alpha value is 4.26. The van der Waals surface area contributed by atoms with E-state index in [4.69, 9.17) is 92.5 Å².